The summed E-state index contributed by atoms with van der Waals surface area (Å²) in [6.07, 6.45) is 0. The monoisotopic (exact) mass is 302 g/mol. The molecule has 0 aliphatic heterocycles. The van der Waals surface area contributed by atoms with Crippen LogP contribution < -0.4 is 5.32 Å². The molecule has 0 aliphatic carbocycles. The van der Waals surface area contributed by atoms with Crippen molar-refractivity contribution in [3.05, 3.63) is 33.8 Å². The van der Waals surface area contributed by atoms with Gasteiger partial charge in [-0.1, -0.05) is 37.0 Å². The molecule has 0 aromatic heterocycles. The molecule has 108 valence electrons. The number of nitrogens with one attached hydrogen (secondary N) is 1. The number of benzene rings is 1. The van der Waals surface area contributed by atoms with Crippen LogP contribution in [0.3, 0.4) is 0 Å². The molecule has 1 aromatic carbocycles. The highest BCUT2D eigenvalue weighted by atomic mass is 35.5. The molecule has 1 N–H and O–H groups in total. The molecule has 0 heterocycles. The first-order valence-corrected chi connectivity index (χ1v) is 7.66. The predicted octanol–water partition coefficient (Wildman–Crippen LogP) is 4.37. The fraction of sp³-hybridized carbons (Fsp3) is 0.600. The minimum atomic E-state index is 0.191. The van der Waals surface area contributed by atoms with Gasteiger partial charge >= 0.3 is 0 Å². The van der Waals surface area contributed by atoms with Crippen LogP contribution in [0, 0.1) is 0 Å². The molecule has 0 amide bonds. The van der Waals surface area contributed by atoms with E-state index < -0.39 is 0 Å². The molecule has 2 atom stereocenters. The van der Waals surface area contributed by atoms with E-state index in [-0.39, 0.29) is 6.04 Å². The van der Waals surface area contributed by atoms with Crippen LogP contribution in [-0.2, 0) is 0 Å². The maximum absolute atomic E-state index is 6.23. The highest BCUT2D eigenvalue weighted by molar-refractivity contribution is 6.33. The van der Waals surface area contributed by atoms with E-state index in [1.165, 1.54) is 0 Å². The van der Waals surface area contributed by atoms with Crippen LogP contribution in [0.25, 0.3) is 0 Å². The van der Waals surface area contributed by atoms with Crippen molar-refractivity contribution in [2.75, 3.05) is 19.6 Å². The molecule has 0 saturated heterocycles. The Balaban J connectivity index is 2.63. The van der Waals surface area contributed by atoms with Crippen LogP contribution in [0.15, 0.2) is 18.2 Å². The normalized spacial score (nSPS) is 14.7. The lowest BCUT2D eigenvalue weighted by Crippen LogP contribution is -2.40. The summed E-state index contributed by atoms with van der Waals surface area (Å²) in [7, 11) is 0. The molecule has 4 heteroatoms. The number of halogens is 2. The lowest BCUT2D eigenvalue weighted by molar-refractivity contribution is 0.264. The Kier molecular flexibility index (Phi) is 7.16. The molecule has 0 spiro atoms. The number of nitrogens with zero attached hydrogens (tertiary/aromatic N) is 1. The predicted molar refractivity (Wildman–Crippen MR) is 85.3 cm³/mol. The zero-order valence-corrected chi connectivity index (χ0v) is 13.7. The Hall–Kier alpha value is -0.280. The zero-order valence-electron chi connectivity index (χ0n) is 12.2. The molecule has 0 radical (unpaired) electrons. The third-order valence-electron chi connectivity index (χ3n) is 3.39. The lowest BCUT2D eigenvalue weighted by atomic mass is 10.1. The Morgan fingerprint density at radius 3 is 2.37 bits per heavy atom. The molecule has 2 nitrogen and oxygen atoms in total. The summed E-state index contributed by atoms with van der Waals surface area (Å²) in [6, 6.07) is 6.21. The number of likely N-dealkylation sites (N-methyl/N-ethyl adjacent to an activating group) is 1. The summed E-state index contributed by atoms with van der Waals surface area (Å²) < 4.78 is 0. The third-order valence-corrected chi connectivity index (χ3v) is 3.96. The van der Waals surface area contributed by atoms with Crippen molar-refractivity contribution in [3.8, 4) is 0 Å². The second-order valence-corrected chi connectivity index (χ2v) is 5.78. The van der Waals surface area contributed by atoms with Gasteiger partial charge in [0, 0.05) is 28.7 Å². The van der Waals surface area contributed by atoms with Crippen LogP contribution in [0.5, 0.6) is 0 Å². The van der Waals surface area contributed by atoms with E-state index >= 15 is 0 Å². The van der Waals surface area contributed by atoms with Crippen molar-refractivity contribution in [2.24, 2.45) is 0 Å². The van der Waals surface area contributed by atoms with Crippen LogP contribution in [0.4, 0.5) is 0 Å². The molecule has 0 fully saturated rings. The van der Waals surface area contributed by atoms with Gasteiger partial charge < -0.3 is 10.2 Å². The van der Waals surface area contributed by atoms with Gasteiger partial charge in [0.25, 0.3) is 0 Å². The average molecular weight is 303 g/mol. The second-order valence-electron chi connectivity index (χ2n) is 4.94. The summed E-state index contributed by atoms with van der Waals surface area (Å²) in [5, 5.41) is 5.07. The summed E-state index contributed by atoms with van der Waals surface area (Å²) in [4.78, 5) is 2.41. The smallest absolute Gasteiger partial charge is 0.0454 e. The largest absolute Gasteiger partial charge is 0.306 e. The van der Waals surface area contributed by atoms with Crippen molar-refractivity contribution >= 4 is 23.2 Å². The van der Waals surface area contributed by atoms with Crippen molar-refractivity contribution in [1.82, 2.24) is 10.2 Å². The summed E-state index contributed by atoms with van der Waals surface area (Å²) in [5.41, 5.74) is 1.06. The molecule has 2 unspecified atom stereocenters. The van der Waals surface area contributed by atoms with Crippen molar-refractivity contribution < 1.29 is 0 Å². The second kappa shape index (κ2) is 8.11. The van der Waals surface area contributed by atoms with Gasteiger partial charge in [-0.05, 0) is 50.7 Å². The molecular formula is C15H24Cl2N2. The summed E-state index contributed by atoms with van der Waals surface area (Å²) >= 11 is 12.3. The Morgan fingerprint density at radius 2 is 1.79 bits per heavy atom. The van der Waals surface area contributed by atoms with Crippen molar-refractivity contribution in [3.63, 3.8) is 0 Å². The molecule has 1 aromatic rings. The maximum Gasteiger partial charge on any atom is 0.0454 e. The molecule has 0 bridgehead atoms. The molecule has 0 saturated carbocycles. The van der Waals surface area contributed by atoms with Gasteiger partial charge in [0.1, 0.15) is 0 Å². The number of hydrogen-bond donors (Lipinski definition) is 1. The van der Waals surface area contributed by atoms with Gasteiger partial charge in [0.05, 0.1) is 0 Å². The van der Waals surface area contributed by atoms with Crippen LogP contribution in [0.2, 0.25) is 10.0 Å². The highest BCUT2D eigenvalue weighted by Crippen LogP contribution is 2.26. The van der Waals surface area contributed by atoms with Crippen LogP contribution in [0.1, 0.15) is 39.3 Å². The van der Waals surface area contributed by atoms with Gasteiger partial charge in [0.2, 0.25) is 0 Å². The van der Waals surface area contributed by atoms with Gasteiger partial charge in [-0.25, -0.2) is 0 Å². The first kappa shape index (κ1) is 16.8. The van der Waals surface area contributed by atoms with Gasteiger partial charge in [0.15, 0.2) is 0 Å². The number of hydrogen-bond acceptors (Lipinski definition) is 2. The molecule has 1 rings (SSSR count). The van der Waals surface area contributed by atoms with Crippen LogP contribution >= 0.6 is 23.2 Å². The SMILES string of the molecule is CCN(CC)CC(C)NC(C)c1cc(Cl)ccc1Cl. The zero-order chi connectivity index (χ0) is 14.4. The first-order valence-electron chi connectivity index (χ1n) is 6.91. The topological polar surface area (TPSA) is 15.3 Å². The van der Waals surface area contributed by atoms with E-state index in [1.807, 2.05) is 18.2 Å². The first-order chi connectivity index (χ1) is 8.97. The van der Waals surface area contributed by atoms with Gasteiger partial charge in [-0.15, -0.1) is 0 Å². The van der Waals surface area contributed by atoms with E-state index in [9.17, 15) is 0 Å². The van der Waals surface area contributed by atoms with E-state index in [2.05, 4.69) is 37.9 Å². The maximum atomic E-state index is 6.23. The standard InChI is InChI=1S/C15H24Cl2N2/c1-5-19(6-2)10-11(3)18-12(4)14-9-13(16)7-8-15(14)17/h7-9,11-12,18H,5-6,10H2,1-4H3. The third kappa shape index (κ3) is 5.31. The van der Waals surface area contributed by atoms with Crippen LogP contribution in [-0.4, -0.2) is 30.6 Å². The van der Waals surface area contributed by atoms with E-state index in [4.69, 9.17) is 23.2 Å². The summed E-state index contributed by atoms with van der Waals surface area (Å²) in [6.45, 7) is 11.9. The average Bonchev–Trinajstić information content (AvgIpc) is 2.38. The Labute approximate surface area is 127 Å². The molecule has 19 heavy (non-hydrogen) atoms. The highest BCUT2D eigenvalue weighted by Gasteiger charge is 2.14. The fourth-order valence-corrected chi connectivity index (χ4v) is 2.75. The minimum Gasteiger partial charge on any atom is -0.306 e. The molecular weight excluding hydrogens is 279 g/mol. The van der Waals surface area contributed by atoms with Crippen molar-refractivity contribution in [2.45, 2.75) is 39.8 Å². The Morgan fingerprint density at radius 1 is 1.16 bits per heavy atom. The quantitative estimate of drug-likeness (QED) is 0.804. The minimum absolute atomic E-state index is 0.191. The van der Waals surface area contributed by atoms with Crippen molar-refractivity contribution in [1.29, 1.82) is 0 Å². The van der Waals surface area contributed by atoms with E-state index in [0.29, 0.717) is 6.04 Å². The Bertz CT molecular complexity index is 392. The fourth-order valence-electron chi connectivity index (χ4n) is 2.28. The van der Waals surface area contributed by atoms with E-state index in [1.54, 1.807) is 0 Å². The molecule has 0 aliphatic rings. The van der Waals surface area contributed by atoms with Gasteiger partial charge in [-0.2, -0.15) is 0 Å². The number of rotatable bonds is 7. The van der Waals surface area contributed by atoms with Gasteiger partial charge in [-0.3, -0.25) is 0 Å². The van der Waals surface area contributed by atoms with E-state index in [0.717, 1.165) is 35.2 Å². The lowest BCUT2D eigenvalue weighted by Gasteiger charge is -2.26. The summed E-state index contributed by atoms with van der Waals surface area (Å²) in [5.74, 6) is 0.